The van der Waals surface area contributed by atoms with Crippen LogP contribution < -0.4 is 21.1 Å². The largest absolute Gasteiger partial charge is 0.376 e. The number of hydrogen-bond donors (Lipinski definition) is 2. The van der Waals surface area contributed by atoms with Crippen molar-refractivity contribution < 1.29 is 4.74 Å². The number of anilines is 2. The first-order valence-electron chi connectivity index (χ1n) is 11.4. The fourth-order valence-corrected chi connectivity index (χ4v) is 5.20. The lowest BCUT2D eigenvalue weighted by atomic mass is 9.73. The second-order valence-corrected chi connectivity index (χ2v) is 9.66. The van der Waals surface area contributed by atoms with E-state index >= 15 is 0 Å². The van der Waals surface area contributed by atoms with E-state index < -0.39 is 0 Å². The molecule has 0 radical (unpaired) electrons. The zero-order chi connectivity index (χ0) is 23.5. The zero-order valence-corrected chi connectivity index (χ0v) is 19.9. The van der Waals surface area contributed by atoms with Gasteiger partial charge in [-0.1, -0.05) is 0 Å². The highest BCUT2D eigenvalue weighted by Gasteiger charge is 2.47. The number of fused-ring (bicyclic) bond motifs is 1. The minimum atomic E-state index is -0.121. The molecule has 0 amide bonds. The van der Waals surface area contributed by atoms with Gasteiger partial charge in [0.05, 0.1) is 12.7 Å². The fourth-order valence-electron chi connectivity index (χ4n) is 5.20. The lowest BCUT2D eigenvalue weighted by molar-refractivity contribution is 0.0973. The topological polar surface area (TPSA) is 118 Å². The predicted octanol–water partition coefficient (Wildman–Crippen LogP) is 1.43. The third-order valence-corrected chi connectivity index (χ3v) is 7.45. The first-order chi connectivity index (χ1) is 15.7. The summed E-state index contributed by atoms with van der Waals surface area (Å²) in [4.78, 5) is 27.0. The highest BCUT2D eigenvalue weighted by Crippen LogP contribution is 2.41. The van der Waals surface area contributed by atoms with E-state index in [1.807, 2.05) is 45.0 Å². The molecule has 0 unspecified atom stereocenters. The molecule has 2 aliphatic heterocycles. The number of pyridine rings is 1. The molecule has 176 valence electrons. The molecule has 3 N–H and O–H groups in total. The van der Waals surface area contributed by atoms with Gasteiger partial charge < -0.3 is 20.3 Å². The summed E-state index contributed by atoms with van der Waals surface area (Å²) >= 11 is 0. The van der Waals surface area contributed by atoms with Crippen molar-refractivity contribution in [1.82, 2.24) is 24.7 Å². The molecule has 2 fully saturated rings. The molecular weight excluding hydrogens is 420 g/mol. The first-order valence-corrected chi connectivity index (χ1v) is 11.4. The zero-order valence-electron chi connectivity index (χ0n) is 19.9. The average molecular weight is 453 g/mol. The van der Waals surface area contributed by atoms with Gasteiger partial charge >= 0.3 is 0 Å². The monoisotopic (exact) mass is 452 g/mol. The van der Waals surface area contributed by atoms with E-state index in [0.717, 1.165) is 43.0 Å². The number of H-pyrrole nitrogens is 1. The summed E-state index contributed by atoms with van der Waals surface area (Å²) < 4.78 is 7.47. The highest BCUT2D eigenvalue weighted by atomic mass is 16.5. The molecule has 0 saturated carbocycles. The number of rotatable bonds is 3. The van der Waals surface area contributed by atoms with Gasteiger partial charge in [-0.2, -0.15) is 10.1 Å². The van der Waals surface area contributed by atoms with Gasteiger partial charge in [-0.25, -0.2) is 4.98 Å². The Kier molecular flexibility index (Phi) is 5.17. The molecule has 2 aliphatic rings. The number of aryl methyl sites for hydroxylation is 1. The van der Waals surface area contributed by atoms with Crippen molar-refractivity contribution >= 4 is 22.8 Å². The van der Waals surface area contributed by atoms with Crippen LogP contribution in [0.25, 0.3) is 22.3 Å². The van der Waals surface area contributed by atoms with Crippen LogP contribution in [0.1, 0.15) is 25.5 Å². The number of hydrogen-bond acceptors (Lipinski definition) is 8. The molecule has 0 bridgehead atoms. The molecule has 33 heavy (non-hydrogen) atoms. The number of nitrogens with zero attached hydrogens (tertiary/aromatic N) is 6. The maximum Gasteiger partial charge on any atom is 0.266 e. The SMILES string of the molecule is Cc1nc(N(C)C)ccc1-c1n[nH]c2nc(N3CCC4(CC3)CO[C@@H](C)[C@H]4N)n(C)c(=O)c12. The molecule has 1 spiro atoms. The summed E-state index contributed by atoms with van der Waals surface area (Å²) in [5.74, 6) is 1.50. The average Bonchev–Trinajstić information content (AvgIpc) is 3.34. The quantitative estimate of drug-likeness (QED) is 0.613. The lowest BCUT2D eigenvalue weighted by Gasteiger charge is -2.41. The molecule has 2 saturated heterocycles. The van der Waals surface area contributed by atoms with E-state index in [1.165, 1.54) is 0 Å². The minimum absolute atomic E-state index is 0.0172. The third kappa shape index (κ3) is 3.39. The number of aromatic amines is 1. The van der Waals surface area contributed by atoms with E-state index in [0.29, 0.717) is 29.3 Å². The van der Waals surface area contributed by atoms with Gasteiger partial charge in [0.25, 0.3) is 5.56 Å². The summed E-state index contributed by atoms with van der Waals surface area (Å²) in [5.41, 5.74) is 9.07. The second-order valence-electron chi connectivity index (χ2n) is 9.66. The van der Waals surface area contributed by atoms with E-state index in [1.54, 1.807) is 11.6 Å². The number of aromatic nitrogens is 5. The summed E-state index contributed by atoms with van der Waals surface area (Å²) in [5, 5.41) is 7.92. The Morgan fingerprint density at radius 3 is 2.58 bits per heavy atom. The Morgan fingerprint density at radius 2 is 1.97 bits per heavy atom. The first kappa shape index (κ1) is 21.8. The van der Waals surface area contributed by atoms with Gasteiger partial charge in [0.1, 0.15) is 16.9 Å². The fraction of sp³-hybridized carbons (Fsp3) is 0.565. The van der Waals surface area contributed by atoms with Crippen molar-refractivity contribution in [3.05, 3.63) is 28.2 Å². The van der Waals surface area contributed by atoms with Crippen molar-refractivity contribution in [2.75, 3.05) is 43.6 Å². The second kappa shape index (κ2) is 7.81. The maximum absolute atomic E-state index is 13.4. The molecule has 10 heteroatoms. The van der Waals surface area contributed by atoms with E-state index in [9.17, 15) is 4.79 Å². The number of piperidine rings is 1. The van der Waals surface area contributed by atoms with Crippen LogP contribution in [0.2, 0.25) is 0 Å². The van der Waals surface area contributed by atoms with Gasteiger partial charge in [-0.3, -0.25) is 14.5 Å². The molecule has 5 rings (SSSR count). The van der Waals surface area contributed by atoms with Gasteiger partial charge in [-0.05, 0) is 38.8 Å². The van der Waals surface area contributed by atoms with Crippen LogP contribution in [0.4, 0.5) is 11.8 Å². The van der Waals surface area contributed by atoms with Crippen LogP contribution in [0.5, 0.6) is 0 Å². The van der Waals surface area contributed by atoms with Crippen molar-refractivity contribution in [2.24, 2.45) is 18.2 Å². The van der Waals surface area contributed by atoms with Crippen LogP contribution in [0, 0.1) is 12.3 Å². The predicted molar refractivity (Wildman–Crippen MR) is 129 cm³/mol. The molecule has 3 aromatic rings. The molecule has 2 atom stereocenters. The number of nitrogens with two attached hydrogens (primary N) is 1. The summed E-state index contributed by atoms with van der Waals surface area (Å²) in [6.07, 6.45) is 1.93. The molecule has 10 nitrogen and oxygen atoms in total. The van der Waals surface area contributed by atoms with Crippen LogP contribution in [-0.2, 0) is 11.8 Å². The number of nitrogens with one attached hydrogen (secondary N) is 1. The van der Waals surface area contributed by atoms with Crippen molar-refractivity contribution in [2.45, 2.75) is 38.8 Å². The van der Waals surface area contributed by atoms with Crippen LogP contribution in [0.3, 0.4) is 0 Å². The van der Waals surface area contributed by atoms with Gasteiger partial charge in [-0.15, -0.1) is 0 Å². The van der Waals surface area contributed by atoms with Gasteiger partial charge in [0, 0.05) is 56.9 Å². The Hall–Kier alpha value is -2.98. The van der Waals surface area contributed by atoms with Gasteiger partial charge in [0.15, 0.2) is 5.65 Å². The lowest BCUT2D eigenvalue weighted by Crippen LogP contribution is -2.51. The smallest absolute Gasteiger partial charge is 0.266 e. The standard InChI is InChI=1S/C23H32N8O2/c1-13-15(6-7-16(25-13)29(3)4)18-17-20(28-27-18)26-22(30(5)21(17)32)31-10-8-23(9-11-31)12-33-14(2)19(23)24/h6-7,14,19H,8-12,24H2,1-5H3,(H,27,28)/t14-,19+/m0/s1. The van der Waals surface area contributed by atoms with Gasteiger partial charge in [0.2, 0.25) is 5.95 Å². The van der Waals surface area contributed by atoms with Crippen molar-refractivity contribution in [1.29, 1.82) is 0 Å². The third-order valence-electron chi connectivity index (χ3n) is 7.45. The van der Waals surface area contributed by atoms with E-state index in [4.69, 9.17) is 15.5 Å². The normalized spacial score (nSPS) is 22.4. The molecule has 5 heterocycles. The number of ether oxygens (including phenoxy) is 1. The highest BCUT2D eigenvalue weighted by molar-refractivity contribution is 5.91. The molecule has 0 aromatic carbocycles. The van der Waals surface area contributed by atoms with Crippen LogP contribution >= 0.6 is 0 Å². The Morgan fingerprint density at radius 1 is 1.24 bits per heavy atom. The molecular formula is C23H32N8O2. The summed E-state index contributed by atoms with van der Waals surface area (Å²) in [7, 11) is 5.67. The molecule has 0 aliphatic carbocycles. The maximum atomic E-state index is 13.4. The van der Waals surface area contributed by atoms with Crippen LogP contribution in [-0.4, -0.2) is 70.7 Å². The van der Waals surface area contributed by atoms with Crippen molar-refractivity contribution in [3.8, 4) is 11.3 Å². The Bertz CT molecular complexity index is 1260. The van der Waals surface area contributed by atoms with Crippen LogP contribution in [0.15, 0.2) is 16.9 Å². The molecule has 3 aromatic heterocycles. The minimum Gasteiger partial charge on any atom is -0.376 e. The summed E-state index contributed by atoms with van der Waals surface area (Å²) in [6.45, 7) is 6.25. The Balaban J connectivity index is 1.48. The van der Waals surface area contributed by atoms with E-state index in [2.05, 4.69) is 20.1 Å². The van der Waals surface area contributed by atoms with E-state index in [-0.39, 0.29) is 23.1 Å². The Labute approximate surface area is 192 Å². The van der Waals surface area contributed by atoms with Crippen molar-refractivity contribution in [3.63, 3.8) is 0 Å². The summed E-state index contributed by atoms with van der Waals surface area (Å²) in [6, 6.07) is 3.93.